The molecule has 15 heteroatoms. The first-order valence-corrected chi connectivity index (χ1v) is 10.00. The Morgan fingerprint density at radius 2 is 1.19 bits per heavy atom. The minimum Gasteiger partial charge on any atom is -0.394 e. The summed E-state index contributed by atoms with van der Waals surface area (Å²) in [6, 6.07) is 0. The van der Waals surface area contributed by atoms with Crippen LogP contribution >= 0.6 is 0 Å². The molecular weight excluding hydrogens is 444 g/mol. The van der Waals surface area contributed by atoms with Gasteiger partial charge in [0.05, 0.1) is 19.8 Å². The number of hydrogen-bond donors (Lipinski definition) is 10. The van der Waals surface area contributed by atoms with Crippen LogP contribution in [0.15, 0.2) is 0 Å². The third-order valence-electron chi connectivity index (χ3n) is 5.70. The lowest BCUT2D eigenvalue weighted by Gasteiger charge is -2.47. The van der Waals surface area contributed by atoms with Crippen LogP contribution in [0.2, 0.25) is 0 Å². The molecule has 15 nitrogen and oxygen atoms in total. The molecule has 0 aliphatic carbocycles. The first-order chi connectivity index (χ1) is 15.1. The standard InChI is InChI=1S/C17H30O15/c18-1-5-8(22)9(23)11(25)17(30-5)32-14-12(26)13(6(2-19)29-15(14)27)31-16-10(24)7(21)4(20)3-28-16/h4-27H,1-3H2/t4-,5-,6-,7+,8-,9+,10-,11-,12+,13-,14-,15-,16+,17+/m1/s1. The van der Waals surface area contributed by atoms with E-state index >= 15 is 0 Å². The average molecular weight is 474 g/mol. The molecule has 3 rings (SSSR count). The molecule has 0 aromatic carbocycles. The van der Waals surface area contributed by atoms with Crippen molar-refractivity contribution < 1.29 is 74.7 Å². The molecule has 32 heavy (non-hydrogen) atoms. The van der Waals surface area contributed by atoms with Crippen LogP contribution in [0.5, 0.6) is 0 Å². The minimum atomic E-state index is -1.88. The van der Waals surface area contributed by atoms with Gasteiger partial charge < -0.3 is 74.7 Å². The molecule has 3 aliphatic rings. The van der Waals surface area contributed by atoms with Crippen molar-refractivity contribution in [2.24, 2.45) is 0 Å². The van der Waals surface area contributed by atoms with Crippen LogP contribution in [0.3, 0.4) is 0 Å². The maximum atomic E-state index is 10.7. The van der Waals surface area contributed by atoms with Gasteiger partial charge in [-0.3, -0.25) is 0 Å². The first-order valence-electron chi connectivity index (χ1n) is 10.00. The van der Waals surface area contributed by atoms with Crippen LogP contribution < -0.4 is 0 Å². The zero-order chi connectivity index (χ0) is 23.7. The minimum absolute atomic E-state index is 0.399. The third kappa shape index (κ3) is 5.07. The Bertz CT molecular complexity index is 594. The Morgan fingerprint density at radius 1 is 0.594 bits per heavy atom. The predicted octanol–water partition coefficient (Wildman–Crippen LogP) is -6.93. The van der Waals surface area contributed by atoms with Crippen LogP contribution in [-0.4, -0.2) is 157 Å². The highest BCUT2D eigenvalue weighted by atomic mass is 16.7. The van der Waals surface area contributed by atoms with Crippen molar-refractivity contribution in [2.75, 3.05) is 19.8 Å². The molecule has 3 aliphatic heterocycles. The summed E-state index contributed by atoms with van der Waals surface area (Å²) >= 11 is 0. The maximum Gasteiger partial charge on any atom is 0.187 e. The van der Waals surface area contributed by atoms with Gasteiger partial charge in [0.2, 0.25) is 0 Å². The second-order valence-electron chi connectivity index (χ2n) is 7.89. The van der Waals surface area contributed by atoms with Gasteiger partial charge in [-0.05, 0) is 0 Å². The Hall–Kier alpha value is -0.600. The second-order valence-corrected chi connectivity index (χ2v) is 7.89. The summed E-state index contributed by atoms with van der Waals surface area (Å²) in [5.74, 6) is 0. The molecular formula is C17H30O15. The lowest BCUT2D eigenvalue weighted by molar-refractivity contribution is -0.378. The fourth-order valence-electron chi connectivity index (χ4n) is 3.76. The number of rotatable bonds is 6. The molecule has 0 aromatic heterocycles. The molecule has 0 radical (unpaired) electrons. The molecule has 0 spiro atoms. The van der Waals surface area contributed by atoms with Crippen molar-refractivity contribution in [1.29, 1.82) is 0 Å². The number of aliphatic hydroxyl groups is 10. The van der Waals surface area contributed by atoms with Gasteiger partial charge in [0.15, 0.2) is 18.9 Å². The van der Waals surface area contributed by atoms with E-state index < -0.39 is 106 Å². The zero-order valence-electron chi connectivity index (χ0n) is 16.7. The summed E-state index contributed by atoms with van der Waals surface area (Å²) in [6.07, 6.45) is -22.8. The lowest BCUT2D eigenvalue weighted by Crippen LogP contribution is -2.66. The maximum absolute atomic E-state index is 10.7. The summed E-state index contributed by atoms with van der Waals surface area (Å²) in [5.41, 5.74) is 0. The van der Waals surface area contributed by atoms with Crippen molar-refractivity contribution in [1.82, 2.24) is 0 Å². The van der Waals surface area contributed by atoms with Crippen molar-refractivity contribution in [2.45, 2.75) is 86.0 Å². The molecule has 3 heterocycles. The normalized spacial score (nSPS) is 52.7. The highest BCUT2D eigenvalue weighted by Crippen LogP contribution is 2.31. The van der Waals surface area contributed by atoms with E-state index in [1.165, 1.54) is 0 Å². The third-order valence-corrected chi connectivity index (χ3v) is 5.70. The van der Waals surface area contributed by atoms with Crippen molar-refractivity contribution in [3.63, 3.8) is 0 Å². The van der Waals surface area contributed by atoms with Crippen molar-refractivity contribution >= 4 is 0 Å². The predicted molar refractivity (Wildman–Crippen MR) is 95.2 cm³/mol. The van der Waals surface area contributed by atoms with Gasteiger partial charge in [-0.15, -0.1) is 0 Å². The van der Waals surface area contributed by atoms with E-state index in [2.05, 4.69) is 0 Å². The molecule has 3 fully saturated rings. The molecule has 14 atom stereocenters. The van der Waals surface area contributed by atoms with Crippen LogP contribution in [-0.2, 0) is 23.7 Å². The van der Waals surface area contributed by atoms with E-state index in [-0.39, 0.29) is 0 Å². The quantitative estimate of drug-likeness (QED) is 0.172. The summed E-state index contributed by atoms with van der Waals surface area (Å²) in [7, 11) is 0. The molecule has 0 amide bonds. The van der Waals surface area contributed by atoms with Gasteiger partial charge in [-0.1, -0.05) is 0 Å². The monoisotopic (exact) mass is 474 g/mol. The molecule has 188 valence electrons. The molecule has 10 N–H and O–H groups in total. The van der Waals surface area contributed by atoms with Crippen molar-refractivity contribution in [3.05, 3.63) is 0 Å². The fourth-order valence-corrected chi connectivity index (χ4v) is 3.76. The molecule has 0 saturated carbocycles. The average Bonchev–Trinajstić information content (AvgIpc) is 2.78. The van der Waals surface area contributed by atoms with Crippen LogP contribution in [0.1, 0.15) is 0 Å². The number of aliphatic hydroxyl groups excluding tert-OH is 10. The largest absolute Gasteiger partial charge is 0.394 e. The number of hydrogen-bond acceptors (Lipinski definition) is 15. The van der Waals surface area contributed by atoms with Gasteiger partial charge in [0.1, 0.15) is 67.1 Å². The first kappa shape index (κ1) is 26.0. The lowest BCUT2D eigenvalue weighted by atomic mass is 9.97. The fraction of sp³-hybridized carbons (Fsp3) is 1.00. The zero-order valence-corrected chi connectivity index (χ0v) is 16.7. The smallest absolute Gasteiger partial charge is 0.187 e. The van der Waals surface area contributed by atoms with Gasteiger partial charge in [0.25, 0.3) is 0 Å². The Balaban J connectivity index is 1.73. The van der Waals surface area contributed by atoms with Gasteiger partial charge in [-0.25, -0.2) is 0 Å². The Labute approximate surface area is 181 Å². The second kappa shape index (κ2) is 10.8. The van der Waals surface area contributed by atoms with Crippen LogP contribution in [0, 0.1) is 0 Å². The van der Waals surface area contributed by atoms with Crippen LogP contribution in [0.25, 0.3) is 0 Å². The molecule has 0 unspecified atom stereocenters. The highest BCUT2D eigenvalue weighted by Gasteiger charge is 2.52. The van der Waals surface area contributed by atoms with Crippen molar-refractivity contribution in [3.8, 4) is 0 Å². The van der Waals surface area contributed by atoms with E-state index in [9.17, 15) is 51.1 Å². The van der Waals surface area contributed by atoms with Gasteiger partial charge in [-0.2, -0.15) is 0 Å². The molecule has 3 saturated heterocycles. The van der Waals surface area contributed by atoms with E-state index in [0.29, 0.717) is 0 Å². The van der Waals surface area contributed by atoms with Gasteiger partial charge >= 0.3 is 0 Å². The SMILES string of the molecule is OC[C@H]1O[C@@H](O[C@@H]2[C@@H](O)[C@H](O[C@@H]3OC[C@@H](O)[C@H](O)[C@H]3O)[C@@H](CO)O[C@H]2O)[C@H](O)[C@@H](O)[C@@H]1O. The van der Waals surface area contributed by atoms with E-state index in [0.717, 1.165) is 0 Å². The van der Waals surface area contributed by atoms with E-state index in [4.69, 9.17) is 23.7 Å². The van der Waals surface area contributed by atoms with E-state index in [1.54, 1.807) is 0 Å². The van der Waals surface area contributed by atoms with Gasteiger partial charge in [0, 0.05) is 0 Å². The Morgan fingerprint density at radius 3 is 1.81 bits per heavy atom. The summed E-state index contributed by atoms with van der Waals surface area (Å²) in [5, 5.41) is 99.0. The topological polar surface area (TPSA) is 248 Å². The number of ether oxygens (including phenoxy) is 5. The molecule has 0 aromatic rings. The summed E-state index contributed by atoms with van der Waals surface area (Å²) in [4.78, 5) is 0. The highest BCUT2D eigenvalue weighted by molar-refractivity contribution is 4.95. The molecule has 0 bridgehead atoms. The summed E-state index contributed by atoms with van der Waals surface area (Å²) in [6.45, 7) is -1.89. The van der Waals surface area contributed by atoms with Crippen LogP contribution in [0.4, 0.5) is 0 Å². The Kier molecular flexibility index (Phi) is 8.75. The summed E-state index contributed by atoms with van der Waals surface area (Å²) < 4.78 is 26.3. The van der Waals surface area contributed by atoms with E-state index in [1.807, 2.05) is 0 Å².